The van der Waals surface area contributed by atoms with Crippen molar-refractivity contribution in [2.24, 2.45) is 5.92 Å². The molecule has 0 fully saturated rings. The SMILES string of the molecule is CCc1cccc(C2=CC3=CC(CC)C=CN3C=C2)c1Cl. The van der Waals surface area contributed by atoms with E-state index in [1.165, 1.54) is 16.8 Å². The van der Waals surface area contributed by atoms with Gasteiger partial charge in [-0.3, -0.25) is 0 Å². The van der Waals surface area contributed by atoms with Crippen LogP contribution >= 0.6 is 11.6 Å². The molecule has 0 aliphatic carbocycles. The van der Waals surface area contributed by atoms with Gasteiger partial charge in [-0.2, -0.15) is 0 Å². The van der Waals surface area contributed by atoms with Crippen LogP contribution in [0.2, 0.25) is 5.02 Å². The molecular weight excluding hydrogens is 278 g/mol. The van der Waals surface area contributed by atoms with Gasteiger partial charge in [0.2, 0.25) is 0 Å². The topological polar surface area (TPSA) is 3.24 Å². The van der Waals surface area contributed by atoms with E-state index < -0.39 is 0 Å². The average molecular weight is 298 g/mol. The minimum Gasteiger partial charge on any atom is -0.324 e. The van der Waals surface area contributed by atoms with E-state index in [1.54, 1.807) is 0 Å². The molecule has 3 rings (SSSR count). The van der Waals surface area contributed by atoms with Crippen LogP contribution in [0.3, 0.4) is 0 Å². The summed E-state index contributed by atoms with van der Waals surface area (Å²) < 4.78 is 0. The molecule has 1 aromatic rings. The van der Waals surface area contributed by atoms with E-state index >= 15 is 0 Å². The molecule has 1 aromatic carbocycles. The van der Waals surface area contributed by atoms with Gasteiger partial charge in [0, 0.05) is 23.7 Å². The lowest BCUT2D eigenvalue weighted by Gasteiger charge is -2.27. The van der Waals surface area contributed by atoms with Crippen LogP contribution in [0.1, 0.15) is 31.4 Å². The zero-order chi connectivity index (χ0) is 14.8. The molecule has 0 spiro atoms. The Bertz CT molecular complexity index is 664. The van der Waals surface area contributed by atoms with Crippen LogP contribution in [0, 0.1) is 5.92 Å². The van der Waals surface area contributed by atoms with Gasteiger partial charge in [0.25, 0.3) is 0 Å². The Labute approximate surface area is 131 Å². The maximum atomic E-state index is 6.55. The van der Waals surface area contributed by atoms with Crippen molar-refractivity contribution in [3.63, 3.8) is 0 Å². The molecule has 2 heteroatoms. The van der Waals surface area contributed by atoms with E-state index in [9.17, 15) is 0 Å². The molecule has 0 saturated heterocycles. The number of benzene rings is 1. The van der Waals surface area contributed by atoms with E-state index in [-0.39, 0.29) is 0 Å². The van der Waals surface area contributed by atoms with Crippen LogP contribution in [0.25, 0.3) is 5.57 Å². The lowest BCUT2D eigenvalue weighted by atomic mass is 9.96. The monoisotopic (exact) mass is 297 g/mol. The fourth-order valence-corrected chi connectivity index (χ4v) is 3.14. The van der Waals surface area contributed by atoms with Gasteiger partial charge in [0.15, 0.2) is 0 Å². The van der Waals surface area contributed by atoms with Crippen molar-refractivity contribution in [1.29, 1.82) is 0 Å². The van der Waals surface area contributed by atoms with E-state index in [0.717, 1.165) is 23.4 Å². The molecule has 1 atom stereocenters. The lowest BCUT2D eigenvalue weighted by molar-refractivity contribution is 0.592. The first kappa shape index (κ1) is 14.2. The maximum Gasteiger partial charge on any atom is 0.0516 e. The van der Waals surface area contributed by atoms with Gasteiger partial charge in [-0.1, -0.05) is 55.8 Å². The summed E-state index contributed by atoms with van der Waals surface area (Å²) in [5.41, 5.74) is 4.74. The van der Waals surface area contributed by atoms with Gasteiger partial charge in [0.05, 0.1) is 5.02 Å². The van der Waals surface area contributed by atoms with Crippen molar-refractivity contribution >= 4 is 17.2 Å². The zero-order valence-corrected chi connectivity index (χ0v) is 13.3. The van der Waals surface area contributed by atoms with E-state index in [1.807, 2.05) is 0 Å². The molecule has 0 aromatic heterocycles. The Kier molecular flexibility index (Phi) is 4.03. The van der Waals surface area contributed by atoms with E-state index in [4.69, 9.17) is 11.6 Å². The molecular formula is C19H20ClN. The second-order valence-corrected chi connectivity index (χ2v) is 5.84. The number of allylic oxidation sites excluding steroid dienone is 5. The quantitative estimate of drug-likeness (QED) is 0.707. The molecule has 0 saturated carbocycles. The fourth-order valence-electron chi connectivity index (χ4n) is 2.77. The Balaban J connectivity index is 1.99. The minimum atomic E-state index is 0.526. The Morgan fingerprint density at radius 2 is 2.05 bits per heavy atom. The largest absolute Gasteiger partial charge is 0.324 e. The third-order valence-corrected chi connectivity index (χ3v) is 4.58. The summed E-state index contributed by atoms with van der Waals surface area (Å²) in [5, 5.41) is 0.878. The molecule has 0 radical (unpaired) electrons. The van der Waals surface area contributed by atoms with Crippen LogP contribution in [0.15, 0.2) is 60.6 Å². The number of halogens is 1. The predicted molar refractivity (Wildman–Crippen MR) is 90.8 cm³/mol. The van der Waals surface area contributed by atoms with Gasteiger partial charge in [-0.05, 0) is 42.0 Å². The van der Waals surface area contributed by atoms with Crippen molar-refractivity contribution in [2.75, 3.05) is 0 Å². The van der Waals surface area contributed by atoms with Crippen LogP contribution in [-0.2, 0) is 6.42 Å². The number of rotatable bonds is 3. The minimum absolute atomic E-state index is 0.526. The highest BCUT2D eigenvalue weighted by atomic mass is 35.5. The number of fused-ring (bicyclic) bond motifs is 1. The van der Waals surface area contributed by atoms with E-state index in [0.29, 0.717) is 5.92 Å². The predicted octanol–water partition coefficient (Wildman–Crippen LogP) is 5.55. The summed E-state index contributed by atoms with van der Waals surface area (Å²) in [6.07, 6.45) is 15.3. The van der Waals surface area contributed by atoms with Gasteiger partial charge in [-0.25, -0.2) is 0 Å². The number of hydrogen-bond donors (Lipinski definition) is 0. The second kappa shape index (κ2) is 5.95. The van der Waals surface area contributed by atoms with Crippen LogP contribution in [0.4, 0.5) is 0 Å². The Morgan fingerprint density at radius 3 is 2.81 bits per heavy atom. The summed E-state index contributed by atoms with van der Waals surface area (Å²) in [5.74, 6) is 0.526. The zero-order valence-electron chi connectivity index (χ0n) is 12.5. The summed E-state index contributed by atoms with van der Waals surface area (Å²) in [7, 11) is 0. The smallest absolute Gasteiger partial charge is 0.0516 e. The molecule has 1 unspecified atom stereocenters. The van der Waals surface area contributed by atoms with Gasteiger partial charge in [-0.15, -0.1) is 0 Å². The number of hydrogen-bond acceptors (Lipinski definition) is 1. The van der Waals surface area contributed by atoms with Crippen molar-refractivity contribution in [2.45, 2.75) is 26.7 Å². The van der Waals surface area contributed by atoms with Gasteiger partial charge < -0.3 is 4.90 Å². The molecule has 2 aliphatic heterocycles. The normalized spacial score (nSPS) is 20.1. The van der Waals surface area contributed by atoms with Crippen LogP contribution < -0.4 is 0 Å². The first-order chi connectivity index (χ1) is 10.2. The van der Waals surface area contributed by atoms with Crippen LogP contribution in [0.5, 0.6) is 0 Å². The Hall–Kier alpha value is -1.73. The van der Waals surface area contributed by atoms with Crippen molar-refractivity contribution < 1.29 is 0 Å². The average Bonchev–Trinajstić information content (AvgIpc) is 2.54. The first-order valence-electron chi connectivity index (χ1n) is 7.59. The summed E-state index contributed by atoms with van der Waals surface area (Å²) in [4.78, 5) is 2.16. The highest BCUT2D eigenvalue weighted by Gasteiger charge is 2.16. The van der Waals surface area contributed by atoms with Gasteiger partial charge in [0.1, 0.15) is 0 Å². The molecule has 0 N–H and O–H groups in total. The van der Waals surface area contributed by atoms with Crippen molar-refractivity contribution in [3.05, 3.63) is 76.7 Å². The highest BCUT2D eigenvalue weighted by molar-refractivity contribution is 6.33. The number of aryl methyl sites for hydroxylation is 1. The standard InChI is InChI=1S/C19H20ClN/c1-3-14-8-10-21-11-9-16(13-17(21)12-14)18-7-5-6-15(4-2)19(18)20/h5-14H,3-4H2,1-2H3. The van der Waals surface area contributed by atoms with Crippen molar-refractivity contribution in [1.82, 2.24) is 4.90 Å². The third kappa shape index (κ3) is 2.71. The molecule has 2 aliphatic rings. The molecule has 0 amide bonds. The van der Waals surface area contributed by atoms with Crippen LogP contribution in [-0.4, -0.2) is 4.90 Å². The number of nitrogens with zero attached hydrogens (tertiary/aromatic N) is 1. The molecule has 2 heterocycles. The van der Waals surface area contributed by atoms with E-state index in [2.05, 4.69) is 73.7 Å². The maximum absolute atomic E-state index is 6.55. The fraction of sp³-hybridized carbons (Fsp3) is 0.263. The summed E-state index contributed by atoms with van der Waals surface area (Å²) in [6.45, 7) is 4.35. The summed E-state index contributed by atoms with van der Waals surface area (Å²) in [6, 6.07) is 6.29. The molecule has 1 nitrogen and oxygen atoms in total. The van der Waals surface area contributed by atoms with Crippen molar-refractivity contribution in [3.8, 4) is 0 Å². The summed E-state index contributed by atoms with van der Waals surface area (Å²) >= 11 is 6.55. The first-order valence-corrected chi connectivity index (χ1v) is 7.97. The Morgan fingerprint density at radius 1 is 1.19 bits per heavy atom. The highest BCUT2D eigenvalue weighted by Crippen LogP contribution is 2.33. The molecule has 108 valence electrons. The molecule has 0 bridgehead atoms. The second-order valence-electron chi connectivity index (χ2n) is 5.46. The third-order valence-electron chi connectivity index (χ3n) is 4.14. The van der Waals surface area contributed by atoms with Gasteiger partial charge >= 0.3 is 0 Å². The molecule has 21 heavy (non-hydrogen) atoms. The lowest BCUT2D eigenvalue weighted by Crippen LogP contribution is -2.16.